The molecule has 1 heterocycles. The van der Waals surface area contributed by atoms with E-state index in [4.69, 9.17) is 5.73 Å². The number of aryl methyl sites for hydroxylation is 2. The summed E-state index contributed by atoms with van der Waals surface area (Å²) in [5.74, 6) is 0. The molecule has 0 radical (unpaired) electrons. The molecule has 0 aliphatic carbocycles. The summed E-state index contributed by atoms with van der Waals surface area (Å²) in [5, 5.41) is 4.37. The SMILES string of the molecule is CCN(c1ccccc1C)C(CN)c1cnn(CC)c1. The summed E-state index contributed by atoms with van der Waals surface area (Å²) in [6.45, 7) is 8.78. The molecule has 2 aromatic rings. The number of nitrogens with zero attached hydrogens (tertiary/aromatic N) is 3. The highest BCUT2D eigenvalue weighted by Crippen LogP contribution is 2.28. The number of nitrogens with two attached hydrogens (primary N) is 1. The number of para-hydroxylation sites is 1. The highest BCUT2D eigenvalue weighted by atomic mass is 15.3. The molecule has 0 amide bonds. The lowest BCUT2D eigenvalue weighted by Gasteiger charge is -2.32. The molecular weight excluding hydrogens is 248 g/mol. The molecule has 2 rings (SSSR count). The Kier molecular flexibility index (Phi) is 4.79. The summed E-state index contributed by atoms with van der Waals surface area (Å²) in [7, 11) is 0. The zero-order valence-corrected chi connectivity index (χ0v) is 12.6. The molecule has 0 aliphatic rings. The lowest BCUT2D eigenvalue weighted by Crippen LogP contribution is -2.34. The molecule has 4 heteroatoms. The second-order valence-corrected chi connectivity index (χ2v) is 4.95. The third kappa shape index (κ3) is 2.85. The Morgan fingerprint density at radius 2 is 2.05 bits per heavy atom. The number of likely N-dealkylation sites (N-methyl/N-ethyl adjacent to an activating group) is 1. The molecule has 0 saturated heterocycles. The van der Waals surface area contributed by atoms with Gasteiger partial charge in [-0.25, -0.2) is 0 Å². The normalized spacial score (nSPS) is 12.4. The molecular formula is C16H24N4. The molecule has 1 unspecified atom stereocenters. The fraction of sp³-hybridized carbons (Fsp3) is 0.438. The van der Waals surface area contributed by atoms with E-state index >= 15 is 0 Å². The first-order chi connectivity index (χ1) is 9.71. The molecule has 0 saturated carbocycles. The second kappa shape index (κ2) is 6.57. The van der Waals surface area contributed by atoms with Crippen molar-refractivity contribution in [3.05, 3.63) is 47.8 Å². The molecule has 1 aromatic heterocycles. The van der Waals surface area contributed by atoms with Crippen molar-refractivity contribution in [1.82, 2.24) is 9.78 Å². The molecule has 20 heavy (non-hydrogen) atoms. The summed E-state index contributed by atoms with van der Waals surface area (Å²) in [5.41, 5.74) is 9.74. The fourth-order valence-corrected chi connectivity index (χ4v) is 2.61. The van der Waals surface area contributed by atoms with Crippen molar-refractivity contribution in [2.75, 3.05) is 18.0 Å². The fourth-order valence-electron chi connectivity index (χ4n) is 2.61. The van der Waals surface area contributed by atoms with E-state index in [9.17, 15) is 0 Å². The Labute approximate surface area is 121 Å². The Balaban J connectivity index is 2.35. The number of benzene rings is 1. The summed E-state index contributed by atoms with van der Waals surface area (Å²) < 4.78 is 1.95. The summed E-state index contributed by atoms with van der Waals surface area (Å²) >= 11 is 0. The van der Waals surface area contributed by atoms with Gasteiger partial charge >= 0.3 is 0 Å². The Hall–Kier alpha value is -1.81. The largest absolute Gasteiger partial charge is 0.363 e. The average Bonchev–Trinajstić information content (AvgIpc) is 2.94. The van der Waals surface area contributed by atoms with Crippen molar-refractivity contribution in [3.8, 4) is 0 Å². The lowest BCUT2D eigenvalue weighted by atomic mass is 10.1. The molecule has 0 fully saturated rings. The maximum Gasteiger partial charge on any atom is 0.0695 e. The van der Waals surface area contributed by atoms with Crippen LogP contribution >= 0.6 is 0 Å². The number of hydrogen-bond acceptors (Lipinski definition) is 3. The van der Waals surface area contributed by atoms with Crippen LogP contribution in [0, 0.1) is 6.92 Å². The van der Waals surface area contributed by atoms with Crippen LogP contribution in [-0.2, 0) is 6.54 Å². The standard InChI is InChI=1S/C16H24N4/c1-4-19-12-14(11-18-19)16(10-17)20(5-2)15-9-7-6-8-13(15)3/h6-9,11-12,16H,4-5,10,17H2,1-3H3. The van der Waals surface area contributed by atoms with E-state index in [-0.39, 0.29) is 6.04 Å². The molecule has 0 spiro atoms. The van der Waals surface area contributed by atoms with Crippen molar-refractivity contribution < 1.29 is 0 Å². The van der Waals surface area contributed by atoms with Crippen molar-refractivity contribution in [2.24, 2.45) is 5.73 Å². The van der Waals surface area contributed by atoms with Gasteiger partial charge in [0, 0.05) is 37.1 Å². The summed E-state index contributed by atoms with van der Waals surface area (Å²) in [6.07, 6.45) is 4.03. The van der Waals surface area contributed by atoms with Crippen LogP contribution in [-0.4, -0.2) is 22.9 Å². The average molecular weight is 272 g/mol. The first kappa shape index (κ1) is 14.6. The van der Waals surface area contributed by atoms with Crippen molar-refractivity contribution in [1.29, 1.82) is 0 Å². The van der Waals surface area contributed by atoms with Gasteiger partial charge in [0.1, 0.15) is 0 Å². The molecule has 0 aliphatic heterocycles. The summed E-state index contributed by atoms with van der Waals surface area (Å²) in [4.78, 5) is 2.35. The van der Waals surface area contributed by atoms with E-state index in [1.807, 2.05) is 10.9 Å². The van der Waals surface area contributed by atoms with Crippen LogP contribution in [0.4, 0.5) is 5.69 Å². The monoisotopic (exact) mass is 272 g/mol. The van der Waals surface area contributed by atoms with Gasteiger partial charge in [0.2, 0.25) is 0 Å². The smallest absolute Gasteiger partial charge is 0.0695 e. The number of anilines is 1. The van der Waals surface area contributed by atoms with E-state index in [0.717, 1.165) is 13.1 Å². The van der Waals surface area contributed by atoms with Crippen molar-refractivity contribution >= 4 is 5.69 Å². The van der Waals surface area contributed by atoms with Crippen LogP contribution in [0.25, 0.3) is 0 Å². The van der Waals surface area contributed by atoms with Crippen LogP contribution in [0.15, 0.2) is 36.7 Å². The van der Waals surface area contributed by atoms with Crippen molar-refractivity contribution in [2.45, 2.75) is 33.4 Å². The molecule has 0 bridgehead atoms. The van der Waals surface area contributed by atoms with Gasteiger partial charge in [-0.2, -0.15) is 5.10 Å². The number of hydrogen-bond donors (Lipinski definition) is 1. The van der Waals surface area contributed by atoms with Crippen LogP contribution in [0.3, 0.4) is 0 Å². The first-order valence-electron chi connectivity index (χ1n) is 7.25. The van der Waals surface area contributed by atoms with Gasteiger partial charge in [0.15, 0.2) is 0 Å². The van der Waals surface area contributed by atoms with E-state index in [1.54, 1.807) is 0 Å². The maximum atomic E-state index is 6.04. The molecule has 4 nitrogen and oxygen atoms in total. The molecule has 1 aromatic carbocycles. The van der Waals surface area contributed by atoms with E-state index in [1.165, 1.54) is 16.8 Å². The quantitative estimate of drug-likeness (QED) is 0.879. The van der Waals surface area contributed by atoms with E-state index in [0.29, 0.717) is 6.54 Å². The predicted octanol–water partition coefficient (Wildman–Crippen LogP) is 2.74. The molecule has 108 valence electrons. The minimum atomic E-state index is 0.168. The maximum absolute atomic E-state index is 6.04. The minimum Gasteiger partial charge on any atom is -0.363 e. The minimum absolute atomic E-state index is 0.168. The Morgan fingerprint density at radius 1 is 1.30 bits per heavy atom. The number of aromatic nitrogens is 2. The van der Waals surface area contributed by atoms with Gasteiger partial charge in [0.05, 0.1) is 12.2 Å². The van der Waals surface area contributed by atoms with Gasteiger partial charge in [-0.1, -0.05) is 18.2 Å². The van der Waals surface area contributed by atoms with Gasteiger partial charge < -0.3 is 10.6 Å². The highest BCUT2D eigenvalue weighted by Gasteiger charge is 2.20. The zero-order valence-electron chi connectivity index (χ0n) is 12.6. The van der Waals surface area contributed by atoms with Crippen LogP contribution < -0.4 is 10.6 Å². The first-order valence-corrected chi connectivity index (χ1v) is 7.25. The third-order valence-electron chi connectivity index (χ3n) is 3.73. The molecule has 2 N–H and O–H groups in total. The van der Waals surface area contributed by atoms with E-state index in [2.05, 4.69) is 61.2 Å². The van der Waals surface area contributed by atoms with Crippen LogP contribution in [0.2, 0.25) is 0 Å². The van der Waals surface area contributed by atoms with E-state index < -0.39 is 0 Å². The second-order valence-electron chi connectivity index (χ2n) is 4.95. The molecule has 1 atom stereocenters. The highest BCUT2D eigenvalue weighted by molar-refractivity contribution is 5.54. The predicted molar refractivity (Wildman–Crippen MR) is 83.9 cm³/mol. The Morgan fingerprint density at radius 3 is 2.60 bits per heavy atom. The lowest BCUT2D eigenvalue weighted by molar-refractivity contribution is 0.634. The Bertz CT molecular complexity index is 547. The van der Waals surface area contributed by atoms with Gasteiger partial charge in [-0.3, -0.25) is 4.68 Å². The van der Waals surface area contributed by atoms with Gasteiger partial charge in [0.25, 0.3) is 0 Å². The van der Waals surface area contributed by atoms with Crippen molar-refractivity contribution in [3.63, 3.8) is 0 Å². The van der Waals surface area contributed by atoms with Crippen LogP contribution in [0.5, 0.6) is 0 Å². The van der Waals surface area contributed by atoms with Crippen LogP contribution in [0.1, 0.15) is 31.0 Å². The topological polar surface area (TPSA) is 47.1 Å². The zero-order chi connectivity index (χ0) is 14.5. The van der Waals surface area contributed by atoms with Gasteiger partial charge in [-0.15, -0.1) is 0 Å². The third-order valence-corrected chi connectivity index (χ3v) is 3.73. The summed E-state index contributed by atoms with van der Waals surface area (Å²) in [6, 6.07) is 8.61. The number of rotatable bonds is 6. The van der Waals surface area contributed by atoms with Gasteiger partial charge in [-0.05, 0) is 32.4 Å².